The van der Waals surface area contributed by atoms with Crippen LogP contribution in [0.15, 0.2) is 28.8 Å². The van der Waals surface area contributed by atoms with Crippen LogP contribution in [0, 0.1) is 0 Å². The van der Waals surface area contributed by atoms with Gasteiger partial charge in [-0.2, -0.15) is 4.98 Å². The minimum absolute atomic E-state index is 0.000135. The van der Waals surface area contributed by atoms with Crippen molar-refractivity contribution in [2.45, 2.75) is 50.2 Å². The second-order valence-corrected chi connectivity index (χ2v) is 7.58. The molecular weight excluding hydrogens is 363 g/mol. The van der Waals surface area contributed by atoms with Crippen molar-refractivity contribution in [3.05, 3.63) is 41.5 Å². The summed E-state index contributed by atoms with van der Waals surface area (Å²) in [6, 6.07) is 7.13. The minimum atomic E-state index is -1.78. The van der Waals surface area contributed by atoms with Gasteiger partial charge in [-0.25, -0.2) is 9.18 Å². The number of likely N-dealkylation sites (tertiary alicyclic amines) is 1. The Hall–Kier alpha value is -2.64. The molecule has 0 bridgehead atoms. The molecule has 2 heterocycles. The first-order chi connectivity index (χ1) is 13.6. The number of nitrogens with one attached hydrogen (secondary N) is 1. The molecule has 4 rings (SSSR count). The van der Waals surface area contributed by atoms with Gasteiger partial charge in [0, 0.05) is 25.4 Å². The van der Waals surface area contributed by atoms with Crippen molar-refractivity contribution < 1.29 is 18.4 Å². The molecule has 2 aliphatic rings. The van der Waals surface area contributed by atoms with E-state index in [-0.39, 0.29) is 30.8 Å². The fourth-order valence-electron chi connectivity index (χ4n) is 3.92. The fourth-order valence-corrected chi connectivity index (χ4v) is 3.92. The molecule has 0 spiro atoms. The normalized spacial score (nSPS) is 22.6. The summed E-state index contributed by atoms with van der Waals surface area (Å²) in [5.41, 5.74) is -0.834. The van der Waals surface area contributed by atoms with E-state index >= 15 is 4.39 Å². The quantitative estimate of drug-likeness (QED) is 0.848. The van der Waals surface area contributed by atoms with Gasteiger partial charge < -0.3 is 19.5 Å². The average Bonchev–Trinajstić information content (AvgIpc) is 3.46. The molecule has 0 radical (unpaired) electrons. The Labute approximate surface area is 163 Å². The van der Waals surface area contributed by atoms with Crippen molar-refractivity contribution in [2.75, 3.05) is 20.2 Å². The van der Waals surface area contributed by atoms with Crippen LogP contribution in [0.25, 0.3) is 0 Å². The molecule has 1 aliphatic heterocycles. The summed E-state index contributed by atoms with van der Waals surface area (Å²) >= 11 is 0. The Morgan fingerprint density at radius 1 is 1.36 bits per heavy atom. The Morgan fingerprint density at radius 3 is 2.82 bits per heavy atom. The van der Waals surface area contributed by atoms with Crippen LogP contribution in [0.2, 0.25) is 0 Å². The Kier molecular flexibility index (Phi) is 5.19. The van der Waals surface area contributed by atoms with E-state index in [0.29, 0.717) is 18.9 Å². The smallest absolute Gasteiger partial charge is 0.317 e. The zero-order chi connectivity index (χ0) is 19.6. The van der Waals surface area contributed by atoms with Gasteiger partial charge in [0.15, 0.2) is 5.82 Å². The van der Waals surface area contributed by atoms with Crippen LogP contribution in [0.3, 0.4) is 0 Å². The molecule has 2 fully saturated rings. The molecule has 1 saturated carbocycles. The van der Waals surface area contributed by atoms with Gasteiger partial charge in [0.25, 0.3) is 5.89 Å². The molecule has 28 heavy (non-hydrogen) atoms. The van der Waals surface area contributed by atoms with Crippen LogP contribution in [0.1, 0.15) is 55.3 Å². The zero-order valence-electron chi connectivity index (χ0n) is 16.0. The number of nitrogens with zero attached hydrogens (tertiary/aromatic N) is 3. The van der Waals surface area contributed by atoms with Gasteiger partial charge >= 0.3 is 6.03 Å². The van der Waals surface area contributed by atoms with Crippen LogP contribution < -0.4 is 10.1 Å². The molecule has 2 aromatic rings. The van der Waals surface area contributed by atoms with Crippen LogP contribution >= 0.6 is 0 Å². The molecule has 8 heteroatoms. The van der Waals surface area contributed by atoms with E-state index in [2.05, 4.69) is 15.5 Å². The maximum Gasteiger partial charge on any atom is 0.317 e. The molecule has 2 amide bonds. The van der Waals surface area contributed by atoms with Crippen molar-refractivity contribution in [3.8, 4) is 5.75 Å². The second-order valence-electron chi connectivity index (χ2n) is 7.58. The number of amides is 2. The molecule has 1 aliphatic carbocycles. The summed E-state index contributed by atoms with van der Waals surface area (Å²) in [5, 5.41) is 6.82. The number of halogens is 1. The van der Waals surface area contributed by atoms with E-state index in [9.17, 15) is 4.79 Å². The lowest BCUT2D eigenvalue weighted by atomic mass is 10.1. The fraction of sp³-hybridized carbons (Fsp3) is 0.550. The van der Waals surface area contributed by atoms with Gasteiger partial charge in [-0.05, 0) is 30.5 Å². The highest BCUT2D eigenvalue weighted by atomic mass is 19.1. The number of ether oxygens (including phenoxy) is 1. The van der Waals surface area contributed by atoms with Gasteiger partial charge in [-0.15, -0.1) is 0 Å². The average molecular weight is 388 g/mol. The number of benzene rings is 1. The lowest BCUT2D eigenvalue weighted by Crippen LogP contribution is -2.39. The van der Waals surface area contributed by atoms with Gasteiger partial charge in [-0.1, -0.05) is 30.1 Å². The number of rotatable bonds is 5. The molecule has 1 aromatic heterocycles. The maximum absolute atomic E-state index is 15.4. The predicted octanol–water partition coefficient (Wildman–Crippen LogP) is 3.52. The highest BCUT2D eigenvalue weighted by Gasteiger charge is 2.46. The topological polar surface area (TPSA) is 80.5 Å². The molecule has 150 valence electrons. The largest absolute Gasteiger partial charge is 0.497 e. The number of carbonyl (C=O) groups excluding carboxylic acids is 1. The highest BCUT2D eigenvalue weighted by molar-refractivity contribution is 5.74. The number of hydrogen-bond acceptors (Lipinski definition) is 5. The van der Waals surface area contributed by atoms with Crippen LogP contribution in [-0.2, 0) is 12.2 Å². The summed E-state index contributed by atoms with van der Waals surface area (Å²) in [6.45, 7) is 0.602. The van der Waals surface area contributed by atoms with Crippen molar-refractivity contribution in [2.24, 2.45) is 0 Å². The summed E-state index contributed by atoms with van der Waals surface area (Å²) in [7, 11) is 1.60. The number of urea groups is 1. The first-order valence-corrected chi connectivity index (χ1v) is 9.76. The van der Waals surface area contributed by atoms with Crippen molar-refractivity contribution >= 4 is 6.03 Å². The summed E-state index contributed by atoms with van der Waals surface area (Å²) < 4.78 is 25.7. The number of methoxy groups -OCH3 is 1. The van der Waals surface area contributed by atoms with Gasteiger partial charge in [0.1, 0.15) is 5.75 Å². The van der Waals surface area contributed by atoms with Crippen molar-refractivity contribution in [3.63, 3.8) is 0 Å². The van der Waals surface area contributed by atoms with Crippen molar-refractivity contribution in [1.29, 1.82) is 0 Å². The zero-order valence-corrected chi connectivity index (χ0v) is 16.0. The summed E-state index contributed by atoms with van der Waals surface area (Å²) in [5.74, 6) is 1.63. The first-order valence-electron chi connectivity index (χ1n) is 9.76. The Morgan fingerprint density at radius 2 is 2.11 bits per heavy atom. The van der Waals surface area contributed by atoms with E-state index < -0.39 is 5.67 Å². The van der Waals surface area contributed by atoms with E-state index in [1.807, 2.05) is 24.3 Å². The summed E-state index contributed by atoms with van der Waals surface area (Å²) in [6.07, 6.45) is 4.51. The standard InChI is InChI=1S/C20H25FN4O3/c1-27-16-8-6-14(7-9-16)12-22-19(26)25-11-10-20(21,13-25)18-23-17(24-28-18)15-4-2-3-5-15/h6-9,15H,2-5,10-13H2,1H3,(H,22,26). The highest BCUT2D eigenvalue weighted by Crippen LogP contribution is 2.38. The number of alkyl halides is 1. The third-order valence-electron chi connectivity index (χ3n) is 5.65. The first kappa shape index (κ1) is 18.7. The van der Waals surface area contributed by atoms with E-state index in [0.717, 1.165) is 37.0 Å². The number of aromatic nitrogens is 2. The second kappa shape index (κ2) is 7.77. The molecule has 1 aromatic carbocycles. The summed E-state index contributed by atoms with van der Waals surface area (Å²) in [4.78, 5) is 18.2. The lowest BCUT2D eigenvalue weighted by molar-refractivity contribution is 0.119. The van der Waals surface area contributed by atoms with Crippen LogP contribution in [0.5, 0.6) is 5.75 Å². The molecule has 1 atom stereocenters. The van der Waals surface area contributed by atoms with Crippen molar-refractivity contribution in [1.82, 2.24) is 20.4 Å². The Balaban J connectivity index is 1.33. The van der Waals surface area contributed by atoms with E-state index in [1.54, 1.807) is 7.11 Å². The van der Waals surface area contributed by atoms with Crippen LogP contribution in [-0.4, -0.2) is 41.3 Å². The minimum Gasteiger partial charge on any atom is -0.497 e. The Bertz CT molecular complexity index is 819. The number of carbonyl (C=O) groups is 1. The van der Waals surface area contributed by atoms with Gasteiger partial charge in [0.05, 0.1) is 13.7 Å². The molecule has 1 saturated heterocycles. The van der Waals surface area contributed by atoms with Crippen LogP contribution in [0.4, 0.5) is 9.18 Å². The lowest BCUT2D eigenvalue weighted by Gasteiger charge is -2.18. The predicted molar refractivity (Wildman–Crippen MR) is 99.7 cm³/mol. The van der Waals surface area contributed by atoms with E-state index in [4.69, 9.17) is 9.26 Å². The number of hydrogen-bond donors (Lipinski definition) is 1. The molecule has 7 nitrogen and oxygen atoms in total. The van der Waals surface area contributed by atoms with E-state index in [1.165, 1.54) is 4.90 Å². The third-order valence-corrected chi connectivity index (χ3v) is 5.65. The van der Waals surface area contributed by atoms with Gasteiger partial charge in [-0.3, -0.25) is 0 Å². The third kappa shape index (κ3) is 3.81. The molecule has 1 N–H and O–H groups in total. The molecular formula is C20H25FN4O3. The SMILES string of the molecule is COc1ccc(CNC(=O)N2CCC(F)(c3nc(C4CCCC4)no3)C2)cc1. The molecule has 1 unspecified atom stereocenters. The maximum atomic E-state index is 15.4. The monoisotopic (exact) mass is 388 g/mol. The van der Waals surface area contributed by atoms with Gasteiger partial charge in [0.2, 0.25) is 5.67 Å².